The molecule has 3 nitrogen and oxygen atoms in total. The van der Waals surface area contributed by atoms with Crippen molar-refractivity contribution in [3.63, 3.8) is 0 Å². The molecule has 25 heavy (non-hydrogen) atoms. The third-order valence-corrected chi connectivity index (χ3v) is 6.35. The van der Waals surface area contributed by atoms with Crippen molar-refractivity contribution in [3.05, 3.63) is 48.5 Å². The molecule has 0 saturated heterocycles. The summed E-state index contributed by atoms with van der Waals surface area (Å²) in [4.78, 5) is 15.8. The van der Waals surface area contributed by atoms with Gasteiger partial charge in [0.25, 0.3) is 0 Å². The lowest BCUT2D eigenvalue weighted by Gasteiger charge is -2.10. The molecule has 0 radical (unpaired) electrons. The van der Waals surface area contributed by atoms with Crippen LogP contribution in [-0.2, 0) is 0 Å². The van der Waals surface area contributed by atoms with E-state index >= 15 is 0 Å². The van der Waals surface area contributed by atoms with Crippen LogP contribution in [0.4, 0.5) is 0 Å². The average molecular weight is 404 g/mol. The molecule has 1 heterocycles. The molecule has 0 N–H and O–H groups in total. The van der Waals surface area contributed by atoms with Gasteiger partial charge < -0.3 is 0 Å². The van der Waals surface area contributed by atoms with Gasteiger partial charge in [0, 0.05) is 9.79 Å². The Morgan fingerprint density at radius 1 is 0.600 bits per heavy atom. The van der Waals surface area contributed by atoms with Crippen molar-refractivity contribution in [1.29, 1.82) is 0 Å². The van der Waals surface area contributed by atoms with Gasteiger partial charge >= 0.3 is 0 Å². The van der Waals surface area contributed by atoms with Gasteiger partial charge in [0.2, 0.25) is 0 Å². The van der Waals surface area contributed by atoms with Crippen molar-refractivity contribution in [2.45, 2.75) is 25.3 Å². The van der Waals surface area contributed by atoms with Crippen LogP contribution in [0.3, 0.4) is 0 Å². The second-order valence-corrected chi connectivity index (χ2v) is 8.33. The maximum absolute atomic E-state index is 4.53. The molecule has 0 spiro atoms. The van der Waals surface area contributed by atoms with Crippen LogP contribution in [-0.4, -0.2) is 33.7 Å². The van der Waals surface area contributed by atoms with Crippen LogP contribution in [0.15, 0.2) is 73.8 Å². The molecule has 128 valence electrons. The SMILES string of the molecule is CSc1nc(SC)nc(Sc2ccc(-c3ccccc3)cc2SC)n1. The molecular weight excluding hydrogens is 386 g/mol. The molecular formula is C18H17N3S4. The second kappa shape index (κ2) is 8.98. The predicted octanol–water partition coefficient (Wildman–Crippen LogP) is 5.86. The van der Waals surface area contributed by atoms with Crippen molar-refractivity contribution < 1.29 is 0 Å². The van der Waals surface area contributed by atoms with Crippen LogP contribution < -0.4 is 0 Å². The standard InChI is InChI=1S/C18H17N3S4/c1-22-15-11-13(12-7-5-4-6-8-12)9-10-14(15)25-18-20-16(23-2)19-17(21-18)24-3/h4-11H,1-3H3. The van der Waals surface area contributed by atoms with Crippen molar-refractivity contribution >= 4 is 47.0 Å². The van der Waals surface area contributed by atoms with Gasteiger partial charge in [-0.2, -0.15) is 15.0 Å². The van der Waals surface area contributed by atoms with Gasteiger partial charge in [-0.05, 0) is 53.8 Å². The van der Waals surface area contributed by atoms with E-state index in [2.05, 4.69) is 63.7 Å². The number of hydrogen-bond donors (Lipinski definition) is 0. The van der Waals surface area contributed by atoms with Gasteiger partial charge in [-0.1, -0.05) is 59.9 Å². The zero-order valence-electron chi connectivity index (χ0n) is 14.1. The maximum atomic E-state index is 4.53. The Bertz CT molecular complexity index is 834. The Hall–Kier alpha value is -1.15. The number of rotatable bonds is 6. The van der Waals surface area contributed by atoms with Crippen molar-refractivity contribution in [1.82, 2.24) is 15.0 Å². The van der Waals surface area contributed by atoms with Crippen molar-refractivity contribution in [2.24, 2.45) is 0 Å². The van der Waals surface area contributed by atoms with E-state index in [1.807, 2.05) is 18.6 Å². The summed E-state index contributed by atoms with van der Waals surface area (Å²) in [5, 5.41) is 2.26. The quantitative estimate of drug-likeness (QED) is 0.478. The monoisotopic (exact) mass is 403 g/mol. The molecule has 7 heteroatoms. The largest absolute Gasteiger partial charge is 0.197 e. The Labute approximate surface area is 165 Å². The van der Waals surface area contributed by atoms with Crippen molar-refractivity contribution in [3.8, 4) is 11.1 Å². The van der Waals surface area contributed by atoms with Gasteiger partial charge in [-0.15, -0.1) is 11.8 Å². The number of hydrogen-bond acceptors (Lipinski definition) is 7. The molecule has 3 rings (SSSR count). The van der Waals surface area contributed by atoms with E-state index in [1.165, 1.54) is 39.5 Å². The molecule has 0 bridgehead atoms. The van der Waals surface area contributed by atoms with Gasteiger partial charge in [0.15, 0.2) is 15.5 Å². The molecule has 0 saturated carbocycles. The fraction of sp³-hybridized carbons (Fsp3) is 0.167. The van der Waals surface area contributed by atoms with Crippen LogP contribution in [0.1, 0.15) is 0 Å². The molecule has 0 unspecified atom stereocenters. The minimum absolute atomic E-state index is 0.742. The molecule has 0 aliphatic heterocycles. The predicted molar refractivity (Wildman–Crippen MR) is 111 cm³/mol. The third kappa shape index (κ3) is 4.73. The fourth-order valence-corrected chi connectivity index (χ4v) is 4.74. The lowest BCUT2D eigenvalue weighted by molar-refractivity contribution is 0.719. The summed E-state index contributed by atoms with van der Waals surface area (Å²) >= 11 is 6.41. The van der Waals surface area contributed by atoms with Crippen LogP contribution in [0.2, 0.25) is 0 Å². The highest BCUT2D eigenvalue weighted by atomic mass is 32.2. The first-order valence-electron chi connectivity index (χ1n) is 7.49. The summed E-state index contributed by atoms with van der Waals surface area (Å²) in [7, 11) is 0. The Morgan fingerprint density at radius 2 is 1.24 bits per heavy atom. The third-order valence-electron chi connectivity index (χ3n) is 3.41. The summed E-state index contributed by atoms with van der Waals surface area (Å²) in [6.45, 7) is 0. The summed E-state index contributed by atoms with van der Waals surface area (Å²) in [6.07, 6.45) is 6.06. The van der Waals surface area contributed by atoms with E-state index in [1.54, 1.807) is 23.5 Å². The Kier molecular flexibility index (Phi) is 6.70. The van der Waals surface area contributed by atoms with Gasteiger partial charge in [-0.25, -0.2) is 0 Å². The minimum Gasteiger partial charge on any atom is -0.196 e. The van der Waals surface area contributed by atoms with E-state index in [-0.39, 0.29) is 0 Å². The lowest BCUT2D eigenvalue weighted by Crippen LogP contribution is -1.96. The van der Waals surface area contributed by atoms with Crippen LogP contribution in [0.5, 0.6) is 0 Å². The number of benzene rings is 2. The van der Waals surface area contributed by atoms with E-state index in [9.17, 15) is 0 Å². The van der Waals surface area contributed by atoms with Crippen LogP contribution >= 0.6 is 47.0 Å². The van der Waals surface area contributed by atoms with Gasteiger partial charge in [0.1, 0.15) is 0 Å². The van der Waals surface area contributed by atoms with Crippen molar-refractivity contribution in [2.75, 3.05) is 18.8 Å². The van der Waals surface area contributed by atoms with Crippen LogP contribution in [0.25, 0.3) is 11.1 Å². The number of nitrogens with zero attached hydrogens (tertiary/aromatic N) is 3. The normalized spacial score (nSPS) is 10.8. The van der Waals surface area contributed by atoms with E-state index in [0.717, 1.165) is 20.4 Å². The molecule has 3 aromatic rings. The Morgan fingerprint density at radius 3 is 1.84 bits per heavy atom. The first-order chi connectivity index (χ1) is 12.2. The van der Waals surface area contributed by atoms with Gasteiger partial charge in [-0.3, -0.25) is 0 Å². The van der Waals surface area contributed by atoms with E-state index < -0.39 is 0 Å². The Balaban J connectivity index is 1.93. The van der Waals surface area contributed by atoms with E-state index in [4.69, 9.17) is 0 Å². The molecule has 1 aromatic heterocycles. The summed E-state index contributed by atoms with van der Waals surface area (Å²) < 4.78 is 0. The molecule has 0 amide bonds. The zero-order valence-corrected chi connectivity index (χ0v) is 17.4. The summed E-state index contributed by atoms with van der Waals surface area (Å²) in [6, 6.07) is 17.0. The smallest absolute Gasteiger partial charge is 0.196 e. The number of thioether (sulfide) groups is 3. The highest BCUT2D eigenvalue weighted by Crippen LogP contribution is 2.36. The second-order valence-electron chi connectivity index (χ2n) is 4.93. The van der Waals surface area contributed by atoms with Gasteiger partial charge in [0.05, 0.1) is 0 Å². The fourth-order valence-electron chi connectivity index (χ4n) is 2.21. The molecule has 0 fully saturated rings. The molecule has 0 atom stereocenters. The molecule has 2 aromatic carbocycles. The summed E-state index contributed by atoms with van der Waals surface area (Å²) in [5.74, 6) is 0. The summed E-state index contributed by atoms with van der Waals surface area (Å²) in [5.41, 5.74) is 2.45. The zero-order chi connectivity index (χ0) is 17.6. The minimum atomic E-state index is 0.742. The van der Waals surface area contributed by atoms with Crippen LogP contribution in [0, 0.1) is 0 Å². The average Bonchev–Trinajstić information content (AvgIpc) is 2.68. The number of aromatic nitrogens is 3. The molecule has 0 aliphatic rings. The molecule has 0 aliphatic carbocycles. The highest BCUT2D eigenvalue weighted by molar-refractivity contribution is 8.02. The first kappa shape index (κ1) is 18.6. The van der Waals surface area contributed by atoms with E-state index in [0.29, 0.717) is 0 Å². The first-order valence-corrected chi connectivity index (χ1v) is 12.0. The lowest BCUT2D eigenvalue weighted by atomic mass is 10.1. The highest BCUT2D eigenvalue weighted by Gasteiger charge is 2.11. The topological polar surface area (TPSA) is 38.7 Å². The maximum Gasteiger partial charge on any atom is 0.197 e.